The third-order valence-electron chi connectivity index (χ3n) is 6.32. The summed E-state index contributed by atoms with van der Waals surface area (Å²) in [6, 6.07) is 15.3. The van der Waals surface area contributed by atoms with Gasteiger partial charge < -0.3 is 9.47 Å². The fourth-order valence-corrected chi connectivity index (χ4v) is 4.60. The molecule has 1 aliphatic rings. The number of hydrogen-bond acceptors (Lipinski definition) is 4. The van der Waals surface area contributed by atoms with Crippen molar-refractivity contribution in [2.24, 2.45) is 5.92 Å². The molecule has 1 aliphatic heterocycles. The van der Waals surface area contributed by atoms with Crippen molar-refractivity contribution in [3.8, 4) is 0 Å². The molecule has 1 atom stereocenters. The number of amides is 1. The van der Waals surface area contributed by atoms with Gasteiger partial charge in [0.05, 0.1) is 6.33 Å². The van der Waals surface area contributed by atoms with Crippen LogP contribution in [0, 0.1) is 5.92 Å². The highest BCUT2D eigenvalue weighted by atomic mass is 16.2. The molecule has 3 heterocycles. The summed E-state index contributed by atoms with van der Waals surface area (Å²) in [7, 11) is 2.22. The van der Waals surface area contributed by atoms with Crippen molar-refractivity contribution in [2.75, 3.05) is 20.1 Å². The highest BCUT2D eigenvalue weighted by Crippen LogP contribution is 2.27. The van der Waals surface area contributed by atoms with Gasteiger partial charge in [0.15, 0.2) is 0 Å². The van der Waals surface area contributed by atoms with E-state index < -0.39 is 0 Å². The Morgan fingerprint density at radius 1 is 1.06 bits per heavy atom. The van der Waals surface area contributed by atoms with E-state index in [1.54, 1.807) is 12.5 Å². The smallest absolute Gasteiger partial charge is 0.242 e. The van der Waals surface area contributed by atoms with Crippen LogP contribution in [-0.4, -0.2) is 56.4 Å². The van der Waals surface area contributed by atoms with Gasteiger partial charge >= 0.3 is 0 Å². The minimum absolute atomic E-state index is 0.180. The van der Waals surface area contributed by atoms with Gasteiger partial charge in [-0.25, -0.2) is 4.98 Å². The second-order valence-electron chi connectivity index (χ2n) is 8.49. The van der Waals surface area contributed by atoms with Crippen LogP contribution in [-0.2, 0) is 24.3 Å². The van der Waals surface area contributed by atoms with E-state index in [9.17, 15) is 4.79 Å². The molecule has 0 saturated carbocycles. The van der Waals surface area contributed by atoms with E-state index in [2.05, 4.69) is 58.3 Å². The van der Waals surface area contributed by atoms with Crippen molar-refractivity contribution in [1.82, 2.24) is 24.3 Å². The number of imidazole rings is 1. The maximum Gasteiger partial charge on any atom is 0.242 e. The summed E-state index contributed by atoms with van der Waals surface area (Å²) in [5.41, 5.74) is 2.60. The van der Waals surface area contributed by atoms with Gasteiger partial charge in [-0.2, -0.15) is 0 Å². The monoisotopic (exact) mass is 417 g/mol. The summed E-state index contributed by atoms with van der Waals surface area (Å²) in [5.74, 6) is 0.735. The van der Waals surface area contributed by atoms with Crippen LogP contribution in [0.4, 0.5) is 0 Å². The van der Waals surface area contributed by atoms with Gasteiger partial charge in [0.25, 0.3) is 0 Å². The summed E-state index contributed by atoms with van der Waals surface area (Å²) in [4.78, 5) is 25.5. The zero-order valence-corrected chi connectivity index (χ0v) is 18.2. The number of aromatic nitrogens is 3. The van der Waals surface area contributed by atoms with Gasteiger partial charge in [0, 0.05) is 50.5 Å². The third-order valence-corrected chi connectivity index (χ3v) is 6.32. The van der Waals surface area contributed by atoms with Crippen LogP contribution in [0.1, 0.15) is 24.0 Å². The third kappa shape index (κ3) is 5.79. The molecule has 4 rings (SSSR count). The molecule has 0 radical (unpaired) electrons. The molecule has 1 fully saturated rings. The maximum atomic E-state index is 12.7. The van der Waals surface area contributed by atoms with Crippen LogP contribution in [0.3, 0.4) is 0 Å². The van der Waals surface area contributed by atoms with Crippen LogP contribution in [0.25, 0.3) is 0 Å². The number of carbonyl (C=O) groups is 1. The molecule has 2 aromatic heterocycles. The number of piperidine rings is 1. The van der Waals surface area contributed by atoms with Crippen LogP contribution < -0.4 is 0 Å². The molecular weight excluding hydrogens is 386 g/mol. The van der Waals surface area contributed by atoms with Crippen molar-refractivity contribution < 1.29 is 4.79 Å². The van der Waals surface area contributed by atoms with Crippen LogP contribution >= 0.6 is 0 Å². The number of pyridine rings is 1. The molecule has 1 amide bonds. The summed E-state index contributed by atoms with van der Waals surface area (Å²) in [6.45, 7) is 2.90. The SMILES string of the molecule is CN(Cc1cccnc1)C(Cc1ccccc1)C1CCN(C(=O)Cn2ccnc2)CC1. The number of likely N-dealkylation sites (tertiary alicyclic amines) is 1. The quantitative estimate of drug-likeness (QED) is 0.565. The first kappa shape index (κ1) is 21.2. The zero-order chi connectivity index (χ0) is 21.5. The molecular formula is C25H31N5O. The molecule has 6 nitrogen and oxygen atoms in total. The van der Waals surface area contributed by atoms with Crippen LogP contribution in [0.15, 0.2) is 73.6 Å². The number of rotatable bonds is 8. The van der Waals surface area contributed by atoms with Gasteiger partial charge in [0.2, 0.25) is 5.91 Å². The van der Waals surface area contributed by atoms with Crippen molar-refractivity contribution >= 4 is 5.91 Å². The average Bonchev–Trinajstić information content (AvgIpc) is 3.32. The molecule has 0 aliphatic carbocycles. The Morgan fingerprint density at radius 2 is 1.84 bits per heavy atom. The molecule has 0 spiro atoms. The first-order valence-corrected chi connectivity index (χ1v) is 11.1. The predicted octanol–water partition coefficient (Wildman–Crippen LogP) is 3.26. The van der Waals surface area contributed by atoms with E-state index in [0.717, 1.165) is 38.9 Å². The lowest BCUT2D eigenvalue weighted by Crippen LogP contribution is -2.47. The minimum atomic E-state index is 0.180. The number of benzene rings is 1. The Hall–Kier alpha value is -2.99. The van der Waals surface area contributed by atoms with Crippen LogP contribution in [0.5, 0.6) is 0 Å². The molecule has 3 aromatic rings. The summed E-state index contributed by atoms with van der Waals surface area (Å²) in [6.07, 6.45) is 12.1. The first-order chi connectivity index (χ1) is 15.2. The Bertz CT molecular complexity index is 921. The largest absolute Gasteiger partial charge is 0.341 e. The zero-order valence-electron chi connectivity index (χ0n) is 18.2. The molecule has 0 N–H and O–H groups in total. The summed E-state index contributed by atoms with van der Waals surface area (Å²) in [5, 5.41) is 0. The molecule has 6 heteroatoms. The normalized spacial score (nSPS) is 15.9. The van der Waals surface area contributed by atoms with Crippen molar-refractivity contribution in [1.29, 1.82) is 0 Å². The Morgan fingerprint density at radius 3 is 2.52 bits per heavy atom. The number of likely N-dealkylation sites (N-methyl/N-ethyl adjacent to an activating group) is 1. The number of carbonyl (C=O) groups excluding carboxylic acids is 1. The second kappa shape index (κ2) is 10.4. The highest BCUT2D eigenvalue weighted by Gasteiger charge is 2.31. The fraction of sp³-hybridized carbons (Fsp3) is 0.400. The Labute approximate surface area is 184 Å². The van der Waals surface area contributed by atoms with Gasteiger partial charge in [-0.1, -0.05) is 36.4 Å². The van der Waals surface area contributed by atoms with Gasteiger partial charge in [-0.3, -0.25) is 14.7 Å². The summed E-state index contributed by atoms with van der Waals surface area (Å²) < 4.78 is 1.84. The topological polar surface area (TPSA) is 54.3 Å². The predicted molar refractivity (Wildman–Crippen MR) is 121 cm³/mol. The van der Waals surface area contributed by atoms with E-state index in [0.29, 0.717) is 18.5 Å². The maximum absolute atomic E-state index is 12.7. The lowest BCUT2D eigenvalue weighted by atomic mass is 9.84. The van der Waals surface area contributed by atoms with E-state index in [-0.39, 0.29) is 5.91 Å². The highest BCUT2D eigenvalue weighted by molar-refractivity contribution is 5.76. The average molecular weight is 418 g/mol. The Balaban J connectivity index is 1.41. The van der Waals surface area contributed by atoms with Crippen molar-refractivity contribution in [2.45, 2.75) is 38.4 Å². The summed E-state index contributed by atoms with van der Waals surface area (Å²) >= 11 is 0. The van der Waals surface area contributed by atoms with Gasteiger partial charge in [-0.15, -0.1) is 0 Å². The molecule has 1 saturated heterocycles. The second-order valence-corrected chi connectivity index (χ2v) is 8.49. The standard InChI is InChI=1S/C25H31N5O/c1-28(18-22-8-5-11-26-17-22)24(16-21-6-3-2-4-7-21)23-9-13-30(14-10-23)25(31)19-29-15-12-27-20-29/h2-8,11-12,15,17,20,23-24H,9-10,13-14,16,18-19H2,1H3. The van der Waals surface area contributed by atoms with Crippen LogP contribution in [0.2, 0.25) is 0 Å². The number of nitrogens with zero attached hydrogens (tertiary/aromatic N) is 5. The molecule has 1 unspecified atom stereocenters. The van der Waals surface area contributed by atoms with E-state index in [1.807, 2.05) is 34.1 Å². The Kier molecular flexibility index (Phi) is 7.10. The molecule has 1 aromatic carbocycles. The van der Waals surface area contributed by atoms with Crippen molar-refractivity contribution in [3.05, 3.63) is 84.7 Å². The van der Waals surface area contributed by atoms with E-state index in [1.165, 1.54) is 11.1 Å². The fourth-order valence-electron chi connectivity index (χ4n) is 4.60. The van der Waals surface area contributed by atoms with E-state index >= 15 is 0 Å². The molecule has 162 valence electrons. The lowest BCUT2D eigenvalue weighted by molar-refractivity contribution is -0.133. The molecule has 31 heavy (non-hydrogen) atoms. The minimum Gasteiger partial charge on any atom is -0.341 e. The molecule has 0 bridgehead atoms. The van der Waals surface area contributed by atoms with Gasteiger partial charge in [-0.05, 0) is 49.4 Å². The first-order valence-electron chi connectivity index (χ1n) is 11.1. The van der Waals surface area contributed by atoms with E-state index in [4.69, 9.17) is 0 Å². The number of hydrogen-bond donors (Lipinski definition) is 0. The van der Waals surface area contributed by atoms with Gasteiger partial charge in [0.1, 0.15) is 6.54 Å². The lowest BCUT2D eigenvalue weighted by Gasteiger charge is -2.40. The van der Waals surface area contributed by atoms with Crippen molar-refractivity contribution in [3.63, 3.8) is 0 Å².